The van der Waals surface area contributed by atoms with E-state index in [-0.39, 0.29) is 0 Å². The van der Waals surface area contributed by atoms with Crippen LogP contribution in [0.1, 0.15) is 11.3 Å². The van der Waals surface area contributed by atoms with Crippen molar-refractivity contribution in [2.24, 2.45) is 0 Å². The molecule has 10 heavy (non-hydrogen) atoms. The number of pyridine rings is 1. The molecule has 0 amide bonds. The van der Waals surface area contributed by atoms with Gasteiger partial charge >= 0.3 is 0 Å². The molecule has 1 aliphatic carbocycles. The van der Waals surface area contributed by atoms with E-state index >= 15 is 0 Å². The van der Waals surface area contributed by atoms with Crippen molar-refractivity contribution in [3.05, 3.63) is 29.8 Å². The van der Waals surface area contributed by atoms with Crippen LogP contribution >= 0.6 is 0 Å². The van der Waals surface area contributed by atoms with Gasteiger partial charge in [0.15, 0.2) is 0 Å². The largest absolute Gasteiger partial charge is 0.464 e. The maximum atomic E-state index is 5.26. The molecule has 2 aliphatic rings. The molecule has 3 heterocycles. The Hall–Kier alpha value is -1.31. The molecule has 4 bridgehead atoms. The average molecular weight is 131 g/mol. The minimum Gasteiger partial charge on any atom is -0.464 e. The molecule has 0 N–H and O–H groups in total. The topological polar surface area (TPSA) is 26.0 Å². The third-order valence-electron chi connectivity index (χ3n) is 1.97. The zero-order valence-corrected chi connectivity index (χ0v) is 5.29. The Morgan fingerprint density at radius 2 is 2.50 bits per heavy atom. The van der Waals surface area contributed by atoms with Crippen molar-refractivity contribution in [3.8, 4) is 0 Å². The summed E-state index contributed by atoms with van der Waals surface area (Å²) in [4.78, 5) is 4.20. The molecule has 1 aliphatic heterocycles. The highest BCUT2D eigenvalue weighted by atomic mass is 16.3. The summed E-state index contributed by atoms with van der Waals surface area (Å²) in [5.74, 6) is 0. The van der Waals surface area contributed by atoms with Crippen molar-refractivity contribution in [1.82, 2.24) is 4.98 Å². The van der Waals surface area contributed by atoms with Gasteiger partial charge in [0.1, 0.15) is 5.58 Å². The van der Waals surface area contributed by atoms with Crippen molar-refractivity contribution in [3.63, 3.8) is 0 Å². The van der Waals surface area contributed by atoms with E-state index in [2.05, 4.69) is 4.98 Å². The van der Waals surface area contributed by atoms with Gasteiger partial charge in [-0.25, -0.2) is 0 Å². The van der Waals surface area contributed by atoms with Crippen LogP contribution in [0.5, 0.6) is 0 Å². The van der Waals surface area contributed by atoms with Crippen LogP contribution in [0.2, 0.25) is 0 Å². The van der Waals surface area contributed by atoms with E-state index in [0.717, 1.165) is 17.7 Å². The normalized spacial score (nSPS) is 13.6. The molecule has 0 fully saturated rings. The van der Waals surface area contributed by atoms with Crippen LogP contribution in [0, 0.1) is 0 Å². The Balaban J connectivity index is 2.73. The number of aromatic nitrogens is 1. The number of hydrogen-bond acceptors (Lipinski definition) is 2. The second-order valence-electron chi connectivity index (χ2n) is 2.61. The van der Waals surface area contributed by atoms with Crippen LogP contribution in [0.25, 0.3) is 11.0 Å². The Labute approximate surface area is 57.5 Å². The summed E-state index contributed by atoms with van der Waals surface area (Å²) in [6.45, 7) is 0. The molecule has 0 spiro atoms. The molecule has 0 radical (unpaired) electrons. The van der Waals surface area contributed by atoms with Gasteiger partial charge in [0, 0.05) is 35.3 Å². The molecule has 4 rings (SSSR count). The van der Waals surface area contributed by atoms with E-state index in [0.29, 0.717) is 0 Å². The maximum Gasteiger partial charge on any atom is 0.137 e. The van der Waals surface area contributed by atoms with Gasteiger partial charge in [0.05, 0.1) is 6.26 Å². The summed E-state index contributed by atoms with van der Waals surface area (Å²) in [7, 11) is 0. The molecule has 2 heteroatoms. The molecule has 0 aromatic carbocycles. The van der Waals surface area contributed by atoms with Crippen LogP contribution in [0.3, 0.4) is 0 Å². The summed E-state index contributed by atoms with van der Waals surface area (Å²) in [5.41, 5.74) is 3.38. The van der Waals surface area contributed by atoms with Crippen molar-refractivity contribution in [1.29, 1.82) is 0 Å². The summed E-state index contributed by atoms with van der Waals surface area (Å²) in [6, 6.07) is 2.00. The quantitative estimate of drug-likeness (QED) is 0.464. The Morgan fingerprint density at radius 1 is 1.50 bits per heavy atom. The highest BCUT2D eigenvalue weighted by Gasteiger charge is 2.14. The maximum absolute atomic E-state index is 5.26. The first-order valence-electron chi connectivity index (χ1n) is 3.28. The summed E-state index contributed by atoms with van der Waals surface area (Å²) in [6.07, 6.45) is 4.65. The first kappa shape index (κ1) is 4.50. The summed E-state index contributed by atoms with van der Waals surface area (Å²) >= 11 is 0. The van der Waals surface area contributed by atoms with E-state index in [4.69, 9.17) is 4.42 Å². The molecule has 48 valence electrons. The molecular formula is C8H5NO. The summed E-state index contributed by atoms with van der Waals surface area (Å²) < 4.78 is 5.26. The molecule has 0 saturated carbocycles. The van der Waals surface area contributed by atoms with Gasteiger partial charge < -0.3 is 4.42 Å². The third-order valence-corrected chi connectivity index (χ3v) is 1.97. The van der Waals surface area contributed by atoms with Crippen molar-refractivity contribution in [2.45, 2.75) is 6.42 Å². The van der Waals surface area contributed by atoms with Crippen molar-refractivity contribution in [2.75, 3.05) is 0 Å². The molecule has 2 aromatic heterocycles. The Bertz CT molecular complexity index is 403. The van der Waals surface area contributed by atoms with Crippen LogP contribution in [0.15, 0.2) is 22.9 Å². The zero-order valence-electron chi connectivity index (χ0n) is 5.29. The molecule has 2 nitrogen and oxygen atoms in total. The lowest BCUT2D eigenvalue weighted by molar-refractivity contribution is 0.614. The third kappa shape index (κ3) is 0.355. The standard InChI is InChI=1S/C8H5NO/c1-5-4-10-8-2-6(1)9-3-7(5)8/h2-4H,1H2. The average Bonchev–Trinajstić information content (AvgIpc) is 2.29. The molecule has 2 aromatic rings. The van der Waals surface area contributed by atoms with Gasteiger partial charge in [-0.3, -0.25) is 4.98 Å². The lowest BCUT2D eigenvalue weighted by Gasteiger charge is -2.03. The zero-order chi connectivity index (χ0) is 6.55. The fraction of sp³-hybridized carbons (Fsp3) is 0.125. The van der Waals surface area contributed by atoms with Gasteiger partial charge in [0.2, 0.25) is 0 Å². The smallest absolute Gasteiger partial charge is 0.137 e. The lowest BCUT2D eigenvalue weighted by atomic mass is 10.0. The van der Waals surface area contributed by atoms with Crippen LogP contribution < -0.4 is 0 Å². The minimum atomic E-state index is 0.954. The van der Waals surface area contributed by atoms with Crippen LogP contribution in [0.4, 0.5) is 0 Å². The van der Waals surface area contributed by atoms with Crippen molar-refractivity contribution < 1.29 is 4.42 Å². The van der Waals surface area contributed by atoms with E-state index in [1.165, 1.54) is 10.9 Å². The number of rotatable bonds is 0. The molecule has 0 unspecified atom stereocenters. The number of hydrogen-bond donors (Lipinski definition) is 0. The Kier molecular flexibility index (Phi) is 0.556. The highest BCUT2D eigenvalue weighted by Crippen LogP contribution is 2.28. The SMILES string of the molecule is c1oc2cc3ncc2c1C3. The first-order chi connectivity index (χ1) is 4.93. The van der Waals surface area contributed by atoms with E-state index in [1.807, 2.05) is 18.5 Å². The van der Waals surface area contributed by atoms with Gasteiger partial charge in [-0.1, -0.05) is 0 Å². The van der Waals surface area contributed by atoms with Gasteiger partial charge in [-0.05, 0) is 0 Å². The Morgan fingerprint density at radius 3 is 3.20 bits per heavy atom. The van der Waals surface area contributed by atoms with E-state index in [9.17, 15) is 0 Å². The molecular weight excluding hydrogens is 126 g/mol. The van der Waals surface area contributed by atoms with Crippen molar-refractivity contribution >= 4 is 11.0 Å². The van der Waals surface area contributed by atoms with Gasteiger partial charge in [-0.15, -0.1) is 0 Å². The second kappa shape index (κ2) is 1.24. The van der Waals surface area contributed by atoms with Crippen LogP contribution in [-0.4, -0.2) is 4.98 Å². The van der Waals surface area contributed by atoms with Crippen LogP contribution in [-0.2, 0) is 6.42 Å². The fourth-order valence-electron chi connectivity index (χ4n) is 1.44. The lowest BCUT2D eigenvalue weighted by Crippen LogP contribution is -1.95. The molecule has 0 atom stereocenters. The molecule has 0 saturated heterocycles. The summed E-state index contributed by atoms with van der Waals surface area (Å²) in [5, 5.41) is 1.18. The van der Waals surface area contributed by atoms with E-state index in [1.54, 1.807) is 0 Å². The monoisotopic (exact) mass is 131 g/mol. The first-order valence-corrected chi connectivity index (χ1v) is 3.28. The fourth-order valence-corrected chi connectivity index (χ4v) is 1.44. The number of furan rings is 1. The predicted octanol–water partition coefficient (Wildman–Crippen LogP) is 1.73. The highest BCUT2D eigenvalue weighted by molar-refractivity contribution is 5.83. The van der Waals surface area contributed by atoms with Gasteiger partial charge in [0.25, 0.3) is 0 Å². The number of nitrogens with zero attached hydrogens (tertiary/aromatic N) is 1. The second-order valence-corrected chi connectivity index (χ2v) is 2.61. The predicted molar refractivity (Wildman–Crippen MR) is 36.8 cm³/mol. The van der Waals surface area contributed by atoms with Gasteiger partial charge in [-0.2, -0.15) is 0 Å². The number of fused-ring (bicyclic) bond motifs is 1. The minimum absolute atomic E-state index is 0.954. The van der Waals surface area contributed by atoms with E-state index < -0.39 is 0 Å².